The number of hydrogen-bond donors (Lipinski definition) is 2. The first-order valence-corrected chi connectivity index (χ1v) is 6.05. The van der Waals surface area contributed by atoms with E-state index in [1.165, 1.54) is 0 Å². The number of nitrogens with two attached hydrogens (primary N) is 1. The molecule has 1 aliphatic rings. The Morgan fingerprint density at radius 1 is 1.29 bits per heavy atom. The van der Waals surface area contributed by atoms with Crippen molar-refractivity contribution in [2.24, 2.45) is 0 Å². The fourth-order valence-corrected chi connectivity index (χ4v) is 2.12. The van der Waals surface area contributed by atoms with E-state index in [0.717, 1.165) is 38.4 Å². The largest absolute Gasteiger partial charge is 0.437 e. The number of pyridine rings is 1. The van der Waals surface area contributed by atoms with E-state index in [-0.39, 0.29) is 7.05 Å². The van der Waals surface area contributed by atoms with E-state index in [4.69, 9.17) is 5.73 Å². The third-order valence-corrected chi connectivity index (χ3v) is 3.15. The molecule has 2 heterocycles. The van der Waals surface area contributed by atoms with Gasteiger partial charge in [-0.15, -0.1) is 0 Å². The van der Waals surface area contributed by atoms with Gasteiger partial charge in [0.25, 0.3) is 0 Å². The summed E-state index contributed by atoms with van der Waals surface area (Å²) < 4.78 is 0. The highest BCUT2D eigenvalue weighted by atomic mass is 16.2. The van der Waals surface area contributed by atoms with Gasteiger partial charge in [0.15, 0.2) is 0 Å². The van der Waals surface area contributed by atoms with E-state index in [1.54, 1.807) is 6.20 Å². The Hall–Kier alpha value is -1.27. The summed E-state index contributed by atoms with van der Waals surface area (Å²) >= 11 is 0. The van der Waals surface area contributed by atoms with Crippen LogP contribution in [0.4, 0.5) is 11.5 Å². The van der Waals surface area contributed by atoms with E-state index in [1.807, 2.05) is 19.0 Å². The van der Waals surface area contributed by atoms with Crippen molar-refractivity contribution < 1.29 is 5.02 Å². The maximum Gasteiger partial charge on any atom is 0.376 e. The molecule has 0 spiro atoms. The monoisotopic (exact) mass is 234 g/mol. The second-order valence-electron chi connectivity index (χ2n) is 4.46. The summed E-state index contributed by atoms with van der Waals surface area (Å²) in [6.07, 6.45) is 2.73. The highest BCUT2D eigenvalue weighted by Crippen LogP contribution is 2.15. The molecule has 92 valence electrons. The van der Waals surface area contributed by atoms with Crippen molar-refractivity contribution >= 4 is 18.6 Å². The van der Waals surface area contributed by atoms with Crippen LogP contribution in [0.15, 0.2) is 18.3 Å². The molecule has 0 radical (unpaired) electrons. The van der Waals surface area contributed by atoms with Crippen LogP contribution in [0.2, 0.25) is 6.82 Å². The molecule has 0 unspecified atom stereocenters. The minimum atomic E-state index is -0.366. The van der Waals surface area contributed by atoms with Crippen molar-refractivity contribution in [3.63, 3.8) is 0 Å². The van der Waals surface area contributed by atoms with Crippen molar-refractivity contribution in [2.45, 2.75) is 13.2 Å². The molecular formula is C11H19BN4O. The van der Waals surface area contributed by atoms with Crippen LogP contribution in [0.3, 0.4) is 0 Å². The average molecular weight is 234 g/mol. The van der Waals surface area contributed by atoms with Gasteiger partial charge in [0.1, 0.15) is 5.82 Å². The van der Waals surface area contributed by atoms with Crippen LogP contribution in [0.25, 0.3) is 0 Å². The van der Waals surface area contributed by atoms with E-state index < -0.39 is 0 Å². The van der Waals surface area contributed by atoms with Gasteiger partial charge in [-0.05, 0) is 31.9 Å². The Labute approximate surface area is 102 Å². The molecule has 1 aliphatic heterocycles. The van der Waals surface area contributed by atoms with Gasteiger partial charge < -0.3 is 20.5 Å². The molecule has 17 heavy (non-hydrogen) atoms. The highest BCUT2D eigenvalue weighted by molar-refractivity contribution is 6.45. The Kier molecular flexibility index (Phi) is 3.86. The predicted molar refractivity (Wildman–Crippen MR) is 70.9 cm³/mol. The van der Waals surface area contributed by atoms with Gasteiger partial charge in [-0.25, -0.2) is 4.98 Å². The predicted octanol–water partition coefficient (Wildman–Crippen LogP) is 0.286. The summed E-state index contributed by atoms with van der Waals surface area (Å²) in [5, 5.41) is 9.57. The van der Waals surface area contributed by atoms with Crippen LogP contribution >= 0.6 is 0 Å². The number of hydrogen-bond acceptors (Lipinski definition) is 5. The molecule has 6 heteroatoms. The molecule has 5 nitrogen and oxygen atoms in total. The van der Waals surface area contributed by atoms with Gasteiger partial charge in [0.2, 0.25) is 0 Å². The first kappa shape index (κ1) is 12.2. The fourth-order valence-electron chi connectivity index (χ4n) is 2.12. The number of aromatic nitrogens is 1. The van der Waals surface area contributed by atoms with Gasteiger partial charge in [0, 0.05) is 19.6 Å². The highest BCUT2D eigenvalue weighted by Gasteiger charge is 2.20. The molecule has 0 amide bonds. The zero-order chi connectivity index (χ0) is 12.3. The third-order valence-electron chi connectivity index (χ3n) is 3.15. The van der Waals surface area contributed by atoms with E-state index in [0.29, 0.717) is 5.69 Å². The maximum absolute atomic E-state index is 9.57. The van der Waals surface area contributed by atoms with Crippen LogP contribution in [0.1, 0.15) is 6.42 Å². The summed E-state index contributed by atoms with van der Waals surface area (Å²) in [6.45, 7) is 5.48. The van der Waals surface area contributed by atoms with Gasteiger partial charge in [-0.2, -0.15) is 0 Å². The van der Waals surface area contributed by atoms with Crippen LogP contribution in [0, 0.1) is 0 Å². The van der Waals surface area contributed by atoms with Gasteiger partial charge in [-0.3, -0.25) is 0 Å². The zero-order valence-corrected chi connectivity index (χ0v) is 10.2. The van der Waals surface area contributed by atoms with Gasteiger partial charge in [-0.1, -0.05) is 0 Å². The molecule has 1 fully saturated rings. The molecular weight excluding hydrogens is 215 g/mol. The molecule has 1 aromatic rings. The minimum absolute atomic E-state index is 0.366. The van der Waals surface area contributed by atoms with Crippen LogP contribution in [0.5, 0.6) is 0 Å². The molecule has 2 rings (SSSR count). The van der Waals surface area contributed by atoms with Crippen molar-refractivity contribution in [2.75, 3.05) is 36.8 Å². The zero-order valence-electron chi connectivity index (χ0n) is 10.2. The van der Waals surface area contributed by atoms with E-state index in [9.17, 15) is 5.02 Å². The smallest absolute Gasteiger partial charge is 0.376 e. The van der Waals surface area contributed by atoms with Crippen LogP contribution in [-0.2, 0) is 0 Å². The molecule has 1 saturated heterocycles. The molecule has 0 bridgehead atoms. The lowest BCUT2D eigenvalue weighted by molar-refractivity contribution is 0.384. The first-order chi connectivity index (χ1) is 8.16. The van der Waals surface area contributed by atoms with E-state index in [2.05, 4.69) is 14.7 Å². The average Bonchev–Trinajstić information content (AvgIpc) is 2.55. The summed E-state index contributed by atoms with van der Waals surface area (Å²) in [6, 6.07) is 3.83. The van der Waals surface area contributed by atoms with Crippen LogP contribution < -0.4 is 10.6 Å². The molecule has 0 atom stereocenters. The van der Waals surface area contributed by atoms with E-state index >= 15 is 0 Å². The standard InChI is InChI=1S/C11H19BN4O/c1-12(17)16-6-2-5-15(7-8-16)11-4-3-10(13)9-14-11/h3-4,9,17H,2,5-8,13H2,1H3. The van der Waals surface area contributed by atoms with Crippen molar-refractivity contribution in [3.8, 4) is 0 Å². The SMILES string of the molecule is CB(O)N1CCCN(c2ccc(N)cn2)CC1. The summed E-state index contributed by atoms with van der Waals surface area (Å²) in [5.74, 6) is 0.964. The quantitative estimate of drug-likeness (QED) is 0.720. The van der Waals surface area contributed by atoms with Gasteiger partial charge >= 0.3 is 7.05 Å². The lowest BCUT2D eigenvalue weighted by atomic mass is 9.85. The molecule has 1 aromatic heterocycles. The summed E-state index contributed by atoms with van der Waals surface area (Å²) in [4.78, 5) is 8.65. The molecule has 0 aliphatic carbocycles. The lowest BCUT2D eigenvalue weighted by Crippen LogP contribution is -2.40. The second-order valence-corrected chi connectivity index (χ2v) is 4.46. The Bertz CT molecular complexity index is 357. The normalized spacial score (nSPS) is 17.9. The minimum Gasteiger partial charge on any atom is -0.437 e. The number of rotatable bonds is 2. The van der Waals surface area contributed by atoms with Crippen molar-refractivity contribution in [3.05, 3.63) is 18.3 Å². The maximum atomic E-state index is 9.57. The summed E-state index contributed by atoms with van der Waals surface area (Å²) in [5.41, 5.74) is 6.32. The van der Waals surface area contributed by atoms with Crippen molar-refractivity contribution in [1.29, 1.82) is 0 Å². The summed E-state index contributed by atoms with van der Waals surface area (Å²) in [7, 11) is -0.366. The Balaban J connectivity index is 2.01. The molecule has 0 saturated carbocycles. The van der Waals surface area contributed by atoms with Crippen LogP contribution in [-0.4, -0.2) is 48.0 Å². The third kappa shape index (κ3) is 3.11. The first-order valence-electron chi connectivity index (χ1n) is 6.05. The molecule has 3 N–H and O–H groups in total. The number of nitrogen functional groups attached to an aromatic ring is 1. The number of nitrogens with zero attached hydrogens (tertiary/aromatic N) is 3. The number of anilines is 2. The fraction of sp³-hybridized carbons (Fsp3) is 0.545. The topological polar surface area (TPSA) is 65.6 Å². The van der Waals surface area contributed by atoms with Crippen molar-refractivity contribution in [1.82, 2.24) is 9.79 Å². The Morgan fingerprint density at radius 2 is 2.12 bits per heavy atom. The van der Waals surface area contributed by atoms with Gasteiger partial charge in [0.05, 0.1) is 11.9 Å². The lowest BCUT2D eigenvalue weighted by Gasteiger charge is -2.23. The molecule has 0 aromatic carbocycles. The Morgan fingerprint density at radius 3 is 2.76 bits per heavy atom. The second kappa shape index (κ2) is 5.38.